The van der Waals surface area contributed by atoms with Crippen LogP contribution < -0.4 is 16.8 Å². The second-order valence-electron chi connectivity index (χ2n) is 10.6. The van der Waals surface area contributed by atoms with Gasteiger partial charge < -0.3 is 26.4 Å². The number of nitrogens with zero attached hydrogens (tertiary/aromatic N) is 4. The van der Waals surface area contributed by atoms with Crippen LogP contribution in [0.3, 0.4) is 0 Å². The van der Waals surface area contributed by atoms with Gasteiger partial charge in [-0.2, -0.15) is 5.10 Å². The fourth-order valence-corrected chi connectivity index (χ4v) is 4.53. The largest absolute Gasteiger partial charge is 0.444 e. The molecule has 0 bridgehead atoms. The van der Waals surface area contributed by atoms with Crippen molar-refractivity contribution in [1.82, 2.24) is 25.1 Å². The Morgan fingerprint density at radius 2 is 1.85 bits per heavy atom. The van der Waals surface area contributed by atoms with Crippen molar-refractivity contribution in [3.8, 4) is 22.6 Å². The Kier molecular flexibility index (Phi) is 6.52. The summed E-state index contributed by atoms with van der Waals surface area (Å²) in [6, 6.07) is 5.30. The number of anilines is 2. The van der Waals surface area contributed by atoms with E-state index in [2.05, 4.69) is 25.5 Å². The summed E-state index contributed by atoms with van der Waals surface area (Å²) in [5.41, 5.74) is 13.5. The van der Waals surface area contributed by atoms with Crippen LogP contribution in [0.4, 0.5) is 25.0 Å². The van der Waals surface area contributed by atoms with Crippen LogP contribution in [0, 0.1) is 18.6 Å². The molecule has 0 aliphatic carbocycles. The minimum atomic E-state index is -1.14. The average Bonchev–Trinajstić information content (AvgIpc) is 3.31. The highest BCUT2D eigenvalue weighted by Gasteiger charge is 2.34. The number of benzene rings is 2. The molecule has 1 aliphatic heterocycles. The van der Waals surface area contributed by atoms with Gasteiger partial charge in [-0.25, -0.2) is 23.5 Å². The van der Waals surface area contributed by atoms with Crippen molar-refractivity contribution in [3.05, 3.63) is 53.4 Å². The number of nitrogens with one attached hydrogen (secondary N) is 2. The quantitative estimate of drug-likeness (QED) is 0.290. The predicted molar refractivity (Wildman–Crippen MR) is 145 cm³/mol. The van der Waals surface area contributed by atoms with E-state index in [0.717, 1.165) is 17.7 Å². The van der Waals surface area contributed by atoms with E-state index in [0.29, 0.717) is 16.5 Å². The first-order chi connectivity index (χ1) is 18.8. The van der Waals surface area contributed by atoms with E-state index in [9.17, 15) is 18.4 Å². The van der Waals surface area contributed by atoms with Crippen LogP contribution in [-0.4, -0.2) is 61.8 Å². The zero-order valence-corrected chi connectivity index (χ0v) is 22.3. The summed E-state index contributed by atoms with van der Waals surface area (Å²) < 4.78 is 34.3. The summed E-state index contributed by atoms with van der Waals surface area (Å²) in [6.07, 6.45) is 1.12. The number of H-pyrrole nitrogens is 1. The maximum absolute atomic E-state index is 14.5. The molecule has 2 amide bonds. The summed E-state index contributed by atoms with van der Waals surface area (Å²) in [6.45, 7) is 7.69. The van der Waals surface area contributed by atoms with E-state index >= 15 is 0 Å². The predicted octanol–water partition coefficient (Wildman–Crippen LogP) is 3.99. The first kappa shape index (κ1) is 26.8. The first-order valence-electron chi connectivity index (χ1n) is 12.5. The molecule has 2 aromatic heterocycles. The molecule has 1 fully saturated rings. The molecule has 0 radical (unpaired) electrons. The van der Waals surface area contributed by atoms with Crippen LogP contribution >= 0.6 is 0 Å². The molecular formula is C27H28F2N8O3. The molecule has 0 unspecified atom stereocenters. The highest BCUT2D eigenvalue weighted by atomic mass is 19.2. The van der Waals surface area contributed by atoms with Crippen molar-refractivity contribution >= 4 is 34.3 Å². The van der Waals surface area contributed by atoms with Crippen molar-refractivity contribution in [2.75, 3.05) is 24.1 Å². The molecule has 5 rings (SSSR count). The third-order valence-corrected chi connectivity index (χ3v) is 6.44. The Labute approximate surface area is 227 Å². The van der Waals surface area contributed by atoms with Gasteiger partial charge in [0, 0.05) is 41.4 Å². The number of aromatic amines is 1. The molecule has 1 saturated heterocycles. The number of nitrogen functional groups attached to an aromatic ring is 1. The molecule has 13 heteroatoms. The number of ether oxygens (including phenoxy) is 1. The topological polar surface area (TPSA) is 165 Å². The number of nitrogens with two attached hydrogens (primary N) is 2. The number of likely N-dealkylation sites (tertiary alicyclic amines) is 1. The number of aryl methyl sites for hydroxylation is 1. The zero-order valence-electron chi connectivity index (χ0n) is 22.3. The number of amides is 2. The van der Waals surface area contributed by atoms with Crippen LogP contribution in [0.2, 0.25) is 0 Å². The Bertz CT molecular complexity index is 1660. The summed E-state index contributed by atoms with van der Waals surface area (Å²) in [5, 5.41) is 10.8. The number of carbonyl (C=O) groups excluding carboxylic acids is 2. The maximum Gasteiger partial charge on any atom is 0.410 e. The molecule has 3 heterocycles. The number of hydrogen-bond acceptors (Lipinski definition) is 8. The second-order valence-corrected chi connectivity index (χ2v) is 10.6. The molecule has 11 nitrogen and oxygen atoms in total. The van der Waals surface area contributed by atoms with Gasteiger partial charge in [-0.3, -0.25) is 9.89 Å². The molecule has 40 heavy (non-hydrogen) atoms. The molecule has 0 spiro atoms. The van der Waals surface area contributed by atoms with Crippen LogP contribution in [0.5, 0.6) is 0 Å². The van der Waals surface area contributed by atoms with Crippen molar-refractivity contribution in [3.63, 3.8) is 0 Å². The Hall–Kier alpha value is -4.81. The fourth-order valence-electron chi connectivity index (χ4n) is 4.53. The summed E-state index contributed by atoms with van der Waals surface area (Å²) >= 11 is 0. The minimum Gasteiger partial charge on any atom is -0.444 e. The SMILES string of the molecule is Cc1ccc2[nH]ncc2c1-c1nc(-c2cc(F)c(F)cc2NC2CN(C(=O)OC(C)(C)C)C2)nc(C(N)=O)c1N. The van der Waals surface area contributed by atoms with Crippen molar-refractivity contribution in [2.45, 2.75) is 39.3 Å². The summed E-state index contributed by atoms with van der Waals surface area (Å²) in [5.74, 6) is -3.24. The van der Waals surface area contributed by atoms with E-state index in [1.807, 2.05) is 19.1 Å². The maximum atomic E-state index is 14.5. The summed E-state index contributed by atoms with van der Waals surface area (Å²) in [4.78, 5) is 35.0. The lowest BCUT2D eigenvalue weighted by Crippen LogP contribution is -2.58. The lowest BCUT2D eigenvalue weighted by atomic mass is 9.98. The standard InChI is InChI=1S/C27H28F2N8O3/c1-12-5-6-18-15(9-32-36-18)20(12)22-21(30)23(24(31)38)35-25(34-22)14-7-16(28)17(29)8-19(14)33-13-10-37(11-13)26(39)40-27(2,3)4/h5-9,13,33H,10-11,30H2,1-4H3,(H2,31,38)(H,32,36). The van der Waals surface area contributed by atoms with Crippen molar-refractivity contribution in [2.24, 2.45) is 5.73 Å². The molecule has 2 aromatic carbocycles. The average molecular weight is 551 g/mol. The molecule has 208 valence electrons. The monoisotopic (exact) mass is 550 g/mol. The van der Waals surface area contributed by atoms with Gasteiger partial charge in [0.15, 0.2) is 23.2 Å². The van der Waals surface area contributed by atoms with Gasteiger partial charge in [-0.15, -0.1) is 0 Å². The molecular weight excluding hydrogens is 522 g/mol. The van der Waals surface area contributed by atoms with E-state index < -0.39 is 29.2 Å². The summed E-state index contributed by atoms with van der Waals surface area (Å²) in [7, 11) is 0. The van der Waals surface area contributed by atoms with E-state index in [4.69, 9.17) is 16.2 Å². The van der Waals surface area contributed by atoms with Gasteiger partial charge in [-0.05, 0) is 45.4 Å². The number of rotatable bonds is 5. The second kappa shape index (κ2) is 9.74. The number of primary amides is 1. The molecule has 0 saturated carbocycles. The van der Waals surface area contributed by atoms with Gasteiger partial charge in [0.1, 0.15) is 5.60 Å². The third-order valence-electron chi connectivity index (χ3n) is 6.44. The highest BCUT2D eigenvalue weighted by molar-refractivity contribution is 6.04. The van der Waals surface area contributed by atoms with E-state index in [1.54, 1.807) is 27.0 Å². The van der Waals surface area contributed by atoms with Gasteiger partial charge in [-0.1, -0.05) is 6.07 Å². The molecule has 1 aliphatic rings. The number of aromatic nitrogens is 4. The smallest absolute Gasteiger partial charge is 0.410 e. The number of fused-ring (bicyclic) bond motifs is 1. The minimum absolute atomic E-state index is 0.0582. The van der Waals surface area contributed by atoms with Crippen LogP contribution in [0.1, 0.15) is 36.8 Å². The third kappa shape index (κ3) is 4.97. The van der Waals surface area contributed by atoms with Crippen LogP contribution in [0.25, 0.3) is 33.5 Å². The lowest BCUT2D eigenvalue weighted by molar-refractivity contribution is 0.0105. The van der Waals surface area contributed by atoms with Gasteiger partial charge in [0.05, 0.1) is 29.1 Å². The first-order valence-corrected chi connectivity index (χ1v) is 12.5. The number of halogens is 2. The highest BCUT2D eigenvalue weighted by Crippen LogP contribution is 2.37. The Morgan fingerprint density at radius 3 is 2.52 bits per heavy atom. The fraction of sp³-hybridized carbons (Fsp3) is 0.296. The zero-order chi connectivity index (χ0) is 28.9. The van der Waals surface area contributed by atoms with Crippen molar-refractivity contribution in [1.29, 1.82) is 0 Å². The van der Waals surface area contributed by atoms with E-state index in [1.165, 1.54) is 4.90 Å². The van der Waals surface area contributed by atoms with Crippen molar-refractivity contribution < 1.29 is 23.1 Å². The van der Waals surface area contributed by atoms with Crippen LogP contribution in [-0.2, 0) is 4.74 Å². The van der Waals surface area contributed by atoms with Gasteiger partial charge >= 0.3 is 6.09 Å². The number of hydrogen-bond donors (Lipinski definition) is 4. The lowest BCUT2D eigenvalue weighted by Gasteiger charge is -2.40. The molecule has 0 atom stereocenters. The number of carbonyl (C=O) groups is 2. The Balaban J connectivity index is 1.57. The Morgan fingerprint density at radius 1 is 1.15 bits per heavy atom. The normalized spacial score (nSPS) is 13.8. The molecule has 6 N–H and O–H groups in total. The van der Waals surface area contributed by atoms with Crippen LogP contribution in [0.15, 0.2) is 30.5 Å². The molecule has 4 aromatic rings. The van der Waals surface area contributed by atoms with Gasteiger partial charge in [0.25, 0.3) is 5.91 Å². The van der Waals surface area contributed by atoms with Gasteiger partial charge in [0.2, 0.25) is 0 Å². The van der Waals surface area contributed by atoms with E-state index in [-0.39, 0.29) is 53.3 Å².